The van der Waals surface area contributed by atoms with E-state index in [1.165, 1.54) is 0 Å². The van der Waals surface area contributed by atoms with Crippen molar-refractivity contribution in [2.24, 2.45) is 0 Å². The third-order valence-electron chi connectivity index (χ3n) is 3.87. The molecule has 0 radical (unpaired) electrons. The Hall–Kier alpha value is -1.56. The zero-order valence-corrected chi connectivity index (χ0v) is 13.9. The first-order valence-corrected chi connectivity index (χ1v) is 9.31. The molecule has 0 aromatic heterocycles. The second-order valence-electron chi connectivity index (χ2n) is 6.08. The molecule has 5 nitrogen and oxygen atoms in total. The highest BCUT2D eigenvalue weighted by atomic mass is 32.2. The van der Waals surface area contributed by atoms with Crippen LogP contribution in [0.2, 0.25) is 0 Å². The zero-order chi connectivity index (χ0) is 16.2. The molecule has 6 heteroatoms. The molecule has 1 aromatic carbocycles. The Balaban J connectivity index is 1.97. The van der Waals surface area contributed by atoms with Crippen LogP contribution in [0.3, 0.4) is 0 Å². The van der Waals surface area contributed by atoms with Crippen LogP contribution in [0, 0.1) is 0 Å². The standard InChI is InChI=1S/C16H24N2O3S/c1-12(2)18-16(19)17-11-13-7-9-15(10-8-13)22(20,21)14-5-3-4-6-14/h7-10,12,14H,3-6,11H2,1-2H3,(H2,17,18,19). The Bertz CT molecular complexity index is 603. The summed E-state index contributed by atoms with van der Waals surface area (Å²) in [6, 6.07) is 6.67. The minimum absolute atomic E-state index is 0.0823. The molecule has 0 saturated heterocycles. The van der Waals surface area contributed by atoms with Crippen LogP contribution in [0.1, 0.15) is 45.1 Å². The number of carbonyl (C=O) groups is 1. The van der Waals surface area contributed by atoms with Crippen LogP contribution in [0.25, 0.3) is 0 Å². The number of benzene rings is 1. The molecule has 1 aliphatic rings. The highest BCUT2D eigenvalue weighted by Crippen LogP contribution is 2.29. The maximum Gasteiger partial charge on any atom is 0.315 e. The number of urea groups is 1. The van der Waals surface area contributed by atoms with Crippen LogP contribution >= 0.6 is 0 Å². The maximum absolute atomic E-state index is 12.5. The molecule has 0 spiro atoms. The first-order valence-electron chi connectivity index (χ1n) is 7.77. The van der Waals surface area contributed by atoms with E-state index in [-0.39, 0.29) is 17.3 Å². The lowest BCUT2D eigenvalue weighted by Crippen LogP contribution is -2.39. The lowest BCUT2D eigenvalue weighted by Gasteiger charge is -2.12. The predicted molar refractivity (Wildman–Crippen MR) is 86.4 cm³/mol. The van der Waals surface area contributed by atoms with Crippen LogP contribution in [-0.2, 0) is 16.4 Å². The number of hydrogen-bond donors (Lipinski definition) is 2. The monoisotopic (exact) mass is 324 g/mol. The fraction of sp³-hybridized carbons (Fsp3) is 0.562. The number of sulfone groups is 1. The quantitative estimate of drug-likeness (QED) is 0.874. The molecule has 0 unspecified atom stereocenters. The molecule has 2 amide bonds. The summed E-state index contributed by atoms with van der Waals surface area (Å²) in [5.74, 6) is 0. The Labute approximate surface area is 132 Å². The molecule has 122 valence electrons. The summed E-state index contributed by atoms with van der Waals surface area (Å²) >= 11 is 0. The second kappa shape index (κ2) is 7.13. The minimum Gasteiger partial charge on any atom is -0.336 e. The van der Waals surface area contributed by atoms with Crippen molar-refractivity contribution in [2.45, 2.75) is 62.3 Å². The van der Waals surface area contributed by atoms with Gasteiger partial charge in [-0.1, -0.05) is 25.0 Å². The second-order valence-corrected chi connectivity index (χ2v) is 8.31. The zero-order valence-electron chi connectivity index (χ0n) is 13.1. The SMILES string of the molecule is CC(C)NC(=O)NCc1ccc(S(=O)(=O)C2CCCC2)cc1. The number of nitrogens with one attached hydrogen (secondary N) is 2. The van der Waals surface area contributed by atoms with E-state index in [1.54, 1.807) is 24.3 Å². The average Bonchev–Trinajstić information content (AvgIpc) is 3.00. The highest BCUT2D eigenvalue weighted by molar-refractivity contribution is 7.92. The van der Waals surface area contributed by atoms with E-state index in [0.717, 1.165) is 31.2 Å². The van der Waals surface area contributed by atoms with Gasteiger partial charge in [-0.25, -0.2) is 13.2 Å². The molecule has 0 aliphatic heterocycles. The van der Waals surface area contributed by atoms with Gasteiger partial charge in [-0.2, -0.15) is 0 Å². The molecule has 1 saturated carbocycles. The largest absolute Gasteiger partial charge is 0.336 e. The number of rotatable bonds is 5. The van der Waals surface area contributed by atoms with Gasteiger partial charge < -0.3 is 10.6 Å². The smallest absolute Gasteiger partial charge is 0.315 e. The van der Waals surface area contributed by atoms with Crippen molar-refractivity contribution in [1.82, 2.24) is 10.6 Å². The van der Waals surface area contributed by atoms with E-state index in [2.05, 4.69) is 10.6 Å². The van der Waals surface area contributed by atoms with Gasteiger partial charge in [-0.15, -0.1) is 0 Å². The van der Waals surface area contributed by atoms with Crippen molar-refractivity contribution >= 4 is 15.9 Å². The molecular weight excluding hydrogens is 300 g/mol. The lowest BCUT2D eigenvalue weighted by molar-refractivity contribution is 0.238. The Kier molecular flexibility index (Phi) is 5.45. The average molecular weight is 324 g/mol. The molecule has 2 N–H and O–H groups in total. The van der Waals surface area contributed by atoms with Gasteiger partial charge in [-0.05, 0) is 44.4 Å². The Morgan fingerprint density at radius 3 is 2.32 bits per heavy atom. The van der Waals surface area contributed by atoms with Crippen molar-refractivity contribution in [3.05, 3.63) is 29.8 Å². The maximum atomic E-state index is 12.5. The fourth-order valence-corrected chi connectivity index (χ4v) is 4.54. The van der Waals surface area contributed by atoms with Crippen molar-refractivity contribution in [1.29, 1.82) is 0 Å². The third kappa shape index (κ3) is 4.22. The van der Waals surface area contributed by atoms with Gasteiger partial charge in [0.25, 0.3) is 0 Å². The van der Waals surface area contributed by atoms with E-state index in [9.17, 15) is 13.2 Å². The summed E-state index contributed by atoms with van der Waals surface area (Å²) in [7, 11) is -3.20. The fourth-order valence-electron chi connectivity index (χ4n) is 2.68. The molecule has 1 aromatic rings. The minimum atomic E-state index is -3.20. The van der Waals surface area contributed by atoms with E-state index in [1.807, 2.05) is 13.8 Å². The van der Waals surface area contributed by atoms with Gasteiger partial charge in [-0.3, -0.25) is 0 Å². The van der Waals surface area contributed by atoms with Gasteiger partial charge in [0, 0.05) is 12.6 Å². The predicted octanol–water partition coefficient (Wildman–Crippen LogP) is 2.61. The molecule has 22 heavy (non-hydrogen) atoms. The Morgan fingerprint density at radius 2 is 1.77 bits per heavy atom. The molecule has 0 heterocycles. The van der Waals surface area contributed by atoms with Crippen LogP contribution in [-0.4, -0.2) is 25.7 Å². The van der Waals surface area contributed by atoms with Gasteiger partial charge in [0.1, 0.15) is 0 Å². The van der Waals surface area contributed by atoms with Gasteiger partial charge in [0.15, 0.2) is 9.84 Å². The first-order chi connectivity index (χ1) is 10.4. The van der Waals surface area contributed by atoms with Crippen LogP contribution in [0.15, 0.2) is 29.2 Å². The van der Waals surface area contributed by atoms with E-state index >= 15 is 0 Å². The van der Waals surface area contributed by atoms with Crippen LogP contribution < -0.4 is 10.6 Å². The molecule has 1 fully saturated rings. The molecular formula is C16H24N2O3S. The summed E-state index contributed by atoms with van der Waals surface area (Å²) in [6.07, 6.45) is 3.52. The first kappa shape index (κ1) is 16.8. The molecule has 2 rings (SSSR count). The molecule has 0 bridgehead atoms. The summed E-state index contributed by atoms with van der Waals surface area (Å²) in [4.78, 5) is 11.9. The lowest BCUT2D eigenvalue weighted by atomic mass is 10.2. The van der Waals surface area contributed by atoms with Crippen molar-refractivity contribution < 1.29 is 13.2 Å². The summed E-state index contributed by atoms with van der Waals surface area (Å²) in [5.41, 5.74) is 0.879. The summed E-state index contributed by atoms with van der Waals surface area (Å²) in [5, 5.41) is 5.26. The number of hydrogen-bond acceptors (Lipinski definition) is 3. The van der Waals surface area contributed by atoms with Gasteiger partial charge in [0.05, 0.1) is 10.1 Å². The van der Waals surface area contributed by atoms with E-state index < -0.39 is 9.84 Å². The highest BCUT2D eigenvalue weighted by Gasteiger charge is 2.29. The molecule has 1 aliphatic carbocycles. The van der Waals surface area contributed by atoms with Crippen LogP contribution in [0.5, 0.6) is 0 Å². The van der Waals surface area contributed by atoms with Crippen LogP contribution in [0.4, 0.5) is 4.79 Å². The van der Waals surface area contributed by atoms with E-state index in [0.29, 0.717) is 11.4 Å². The van der Waals surface area contributed by atoms with Crippen molar-refractivity contribution in [3.63, 3.8) is 0 Å². The Morgan fingerprint density at radius 1 is 1.18 bits per heavy atom. The number of amides is 2. The van der Waals surface area contributed by atoms with Gasteiger partial charge >= 0.3 is 6.03 Å². The van der Waals surface area contributed by atoms with Crippen molar-refractivity contribution in [2.75, 3.05) is 0 Å². The van der Waals surface area contributed by atoms with E-state index in [4.69, 9.17) is 0 Å². The third-order valence-corrected chi connectivity index (χ3v) is 6.14. The normalized spacial score (nSPS) is 16.0. The summed E-state index contributed by atoms with van der Waals surface area (Å²) in [6.45, 7) is 4.16. The topological polar surface area (TPSA) is 75.3 Å². The van der Waals surface area contributed by atoms with Crippen molar-refractivity contribution in [3.8, 4) is 0 Å². The number of carbonyl (C=O) groups excluding carboxylic acids is 1. The molecule has 0 atom stereocenters. The van der Waals surface area contributed by atoms with Gasteiger partial charge in [0.2, 0.25) is 0 Å². The summed E-state index contributed by atoms with van der Waals surface area (Å²) < 4.78 is 24.9.